The first kappa shape index (κ1) is 15.0. The number of aromatic nitrogens is 1. The second-order valence-electron chi connectivity index (χ2n) is 5.50. The zero-order valence-corrected chi connectivity index (χ0v) is 12.3. The summed E-state index contributed by atoms with van der Waals surface area (Å²) in [5.74, 6) is 0.216. The molecule has 1 unspecified atom stereocenters. The number of nitrogens with one attached hydrogen (secondary N) is 1. The van der Waals surface area contributed by atoms with Crippen molar-refractivity contribution in [3.63, 3.8) is 0 Å². The molecule has 4 nitrogen and oxygen atoms in total. The number of nitrogens with zero attached hydrogens (tertiary/aromatic N) is 1. The minimum Gasteiger partial charge on any atom is -0.506 e. The summed E-state index contributed by atoms with van der Waals surface area (Å²) in [7, 11) is 0. The average molecular weight is 284 g/mol. The summed E-state index contributed by atoms with van der Waals surface area (Å²) < 4.78 is 0. The second-order valence-corrected chi connectivity index (χ2v) is 5.50. The van der Waals surface area contributed by atoms with E-state index in [0.29, 0.717) is 11.5 Å². The van der Waals surface area contributed by atoms with E-state index in [1.807, 2.05) is 30.3 Å². The molecular weight excluding hydrogens is 264 g/mol. The molecular formula is C17H20N2O2. The minimum absolute atomic E-state index is 0.0113. The van der Waals surface area contributed by atoms with Crippen LogP contribution in [-0.2, 0) is 0 Å². The fourth-order valence-corrected chi connectivity index (χ4v) is 2.23. The van der Waals surface area contributed by atoms with Crippen molar-refractivity contribution in [2.45, 2.75) is 26.3 Å². The molecule has 110 valence electrons. The topological polar surface area (TPSA) is 62.2 Å². The molecule has 2 N–H and O–H groups in total. The van der Waals surface area contributed by atoms with Gasteiger partial charge in [-0.2, -0.15) is 0 Å². The maximum Gasteiger partial charge on any atom is 0.253 e. The maximum atomic E-state index is 12.3. The van der Waals surface area contributed by atoms with Gasteiger partial charge in [0.05, 0.1) is 17.8 Å². The van der Waals surface area contributed by atoms with E-state index in [0.717, 1.165) is 12.0 Å². The van der Waals surface area contributed by atoms with Crippen molar-refractivity contribution < 1.29 is 9.90 Å². The van der Waals surface area contributed by atoms with Gasteiger partial charge in [0.15, 0.2) is 0 Å². The first-order valence-electron chi connectivity index (χ1n) is 7.06. The van der Waals surface area contributed by atoms with Gasteiger partial charge in [0.2, 0.25) is 0 Å². The van der Waals surface area contributed by atoms with Crippen molar-refractivity contribution in [2.75, 3.05) is 0 Å². The lowest BCUT2D eigenvalue weighted by Gasteiger charge is -2.21. The van der Waals surface area contributed by atoms with Crippen LogP contribution in [0.25, 0.3) is 0 Å². The lowest BCUT2D eigenvalue weighted by molar-refractivity contribution is 0.0931. The molecule has 0 spiro atoms. The third kappa shape index (κ3) is 4.31. The minimum atomic E-state index is -0.229. The fraction of sp³-hybridized carbons (Fsp3) is 0.294. The Bertz CT molecular complexity index is 597. The first-order chi connectivity index (χ1) is 10.1. The van der Waals surface area contributed by atoms with Gasteiger partial charge in [-0.3, -0.25) is 9.78 Å². The first-order valence-corrected chi connectivity index (χ1v) is 7.06. The Labute approximate surface area is 124 Å². The van der Waals surface area contributed by atoms with Gasteiger partial charge in [-0.1, -0.05) is 44.2 Å². The Morgan fingerprint density at radius 1 is 1.24 bits per heavy atom. The predicted octanol–water partition coefficient (Wildman–Crippen LogP) is 3.30. The summed E-state index contributed by atoms with van der Waals surface area (Å²) >= 11 is 0. The van der Waals surface area contributed by atoms with Crippen molar-refractivity contribution >= 4 is 5.91 Å². The summed E-state index contributed by atoms with van der Waals surface area (Å²) in [6.07, 6.45) is 3.61. The molecule has 0 saturated carbocycles. The van der Waals surface area contributed by atoms with Crippen LogP contribution in [0.1, 0.15) is 42.2 Å². The molecule has 0 radical (unpaired) electrons. The molecule has 0 bridgehead atoms. The monoisotopic (exact) mass is 284 g/mol. The number of rotatable bonds is 5. The molecule has 21 heavy (non-hydrogen) atoms. The largest absolute Gasteiger partial charge is 0.506 e. The van der Waals surface area contributed by atoms with Crippen molar-refractivity contribution in [1.29, 1.82) is 0 Å². The number of carbonyl (C=O) groups excluding carboxylic acids is 1. The van der Waals surface area contributed by atoms with E-state index in [1.54, 1.807) is 0 Å². The van der Waals surface area contributed by atoms with Crippen molar-refractivity contribution in [3.05, 3.63) is 59.9 Å². The number of aromatic hydroxyl groups is 1. The lowest BCUT2D eigenvalue weighted by Crippen LogP contribution is -2.29. The normalized spacial score (nSPS) is 12.1. The van der Waals surface area contributed by atoms with Crippen LogP contribution in [0.5, 0.6) is 5.75 Å². The number of pyridine rings is 1. The lowest BCUT2D eigenvalue weighted by atomic mass is 9.97. The van der Waals surface area contributed by atoms with Gasteiger partial charge in [0, 0.05) is 6.20 Å². The summed E-state index contributed by atoms with van der Waals surface area (Å²) in [6.45, 7) is 4.25. The van der Waals surface area contributed by atoms with Crippen LogP contribution in [0, 0.1) is 5.92 Å². The Kier molecular flexibility index (Phi) is 4.93. The third-order valence-corrected chi connectivity index (χ3v) is 3.20. The number of hydrogen-bond acceptors (Lipinski definition) is 3. The number of carbonyl (C=O) groups is 1. The summed E-state index contributed by atoms with van der Waals surface area (Å²) in [4.78, 5) is 16.1. The summed E-state index contributed by atoms with van der Waals surface area (Å²) in [5, 5.41) is 12.4. The molecule has 0 aliphatic carbocycles. The Balaban J connectivity index is 2.17. The average Bonchev–Trinajstić information content (AvgIpc) is 2.47. The van der Waals surface area contributed by atoms with Gasteiger partial charge >= 0.3 is 0 Å². The third-order valence-electron chi connectivity index (χ3n) is 3.20. The Hall–Kier alpha value is -2.36. The van der Waals surface area contributed by atoms with E-state index in [4.69, 9.17) is 0 Å². The van der Waals surface area contributed by atoms with Crippen LogP contribution in [0.15, 0.2) is 48.8 Å². The maximum absolute atomic E-state index is 12.3. The van der Waals surface area contributed by atoms with Crippen molar-refractivity contribution in [2.24, 2.45) is 5.92 Å². The van der Waals surface area contributed by atoms with E-state index in [2.05, 4.69) is 24.1 Å². The SMILES string of the molecule is CC(C)CC(NC(=O)c1cncc(O)c1)c1ccccc1. The van der Waals surface area contributed by atoms with Gasteiger partial charge < -0.3 is 10.4 Å². The second kappa shape index (κ2) is 6.88. The van der Waals surface area contributed by atoms with Crippen LogP contribution in [0.4, 0.5) is 0 Å². The highest BCUT2D eigenvalue weighted by atomic mass is 16.3. The molecule has 4 heteroatoms. The standard InChI is InChI=1S/C17H20N2O2/c1-12(2)8-16(13-6-4-3-5-7-13)19-17(21)14-9-15(20)11-18-10-14/h3-7,9-12,16,20H,8H2,1-2H3,(H,19,21). The highest BCUT2D eigenvalue weighted by molar-refractivity contribution is 5.94. The van der Waals surface area contributed by atoms with Crippen LogP contribution in [0.2, 0.25) is 0 Å². The molecule has 2 rings (SSSR count). The quantitative estimate of drug-likeness (QED) is 0.885. The molecule has 1 atom stereocenters. The molecule has 2 aromatic rings. The molecule has 1 aromatic heterocycles. The molecule has 0 aliphatic heterocycles. The van der Waals surface area contributed by atoms with Crippen molar-refractivity contribution in [1.82, 2.24) is 10.3 Å². The molecule has 1 amide bonds. The van der Waals surface area contributed by atoms with E-state index < -0.39 is 0 Å². The van der Waals surface area contributed by atoms with Gasteiger partial charge in [-0.25, -0.2) is 0 Å². The van der Waals surface area contributed by atoms with Crippen LogP contribution < -0.4 is 5.32 Å². The zero-order valence-electron chi connectivity index (χ0n) is 12.3. The number of hydrogen-bond donors (Lipinski definition) is 2. The zero-order chi connectivity index (χ0) is 15.2. The summed E-state index contributed by atoms with van der Waals surface area (Å²) in [6, 6.07) is 11.3. The highest BCUT2D eigenvalue weighted by Crippen LogP contribution is 2.22. The summed E-state index contributed by atoms with van der Waals surface area (Å²) in [5.41, 5.74) is 1.44. The predicted molar refractivity (Wildman–Crippen MR) is 82.0 cm³/mol. The van der Waals surface area contributed by atoms with Crippen molar-refractivity contribution in [3.8, 4) is 5.75 Å². The molecule has 1 heterocycles. The molecule has 0 fully saturated rings. The van der Waals surface area contributed by atoms with E-state index in [1.165, 1.54) is 18.5 Å². The number of benzene rings is 1. The Morgan fingerprint density at radius 2 is 1.95 bits per heavy atom. The van der Waals surface area contributed by atoms with Gasteiger partial charge in [-0.15, -0.1) is 0 Å². The van der Waals surface area contributed by atoms with Gasteiger partial charge in [0.1, 0.15) is 5.75 Å². The smallest absolute Gasteiger partial charge is 0.253 e. The van der Waals surface area contributed by atoms with Crippen LogP contribution in [0.3, 0.4) is 0 Å². The van der Waals surface area contributed by atoms with Crippen LogP contribution in [-0.4, -0.2) is 16.0 Å². The highest BCUT2D eigenvalue weighted by Gasteiger charge is 2.17. The van der Waals surface area contributed by atoms with Gasteiger partial charge in [-0.05, 0) is 24.0 Å². The Morgan fingerprint density at radius 3 is 2.57 bits per heavy atom. The molecule has 0 saturated heterocycles. The number of amides is 1. The molecule has 0 aliphatic rings. The van der Waals surface area contributed by atoms with E-state index in [-0.39, 0.29) is 17.7 Å². The fourth-order valence-electron chi connectivity index (χ4n) is 2.23. The van der Waals surface area contributed by atoms with E-state index >= 15 is 0 Å². The van der Waals surface area contributed by atoms with Gasteiger partial charge in [0.25, 0.3) is 5.91 Å². The van der Waals surface area contributed by atoms with Crippen LogP contribution >= 0.6 is 0 Å². The van der Waals surface area contributed by atoms with E-state index in [9.17, 15) is 9.90 Å². The molecule has 1 aromatic carbocycles.